The van der Waals surface area contributed by atoms with Gasteiger partial charge in [-0.15, -0.1) is 22.7 Å². The Hall–Kier alpha value is -2.23. The normalized spacial score (nSPS) is 15.9. The number of hydrogen-bond acceptors (Lipinski definition) is 6. The van der Waals surface area contributed by atoms with Gasteiger partial charge in [0.1, 0.15) is 9.71 Å². The lowest BCUT2D eigenvalue weighted by Crippen LogP contribution is -2.37. The van der Waals surface area contributed by atoms with Gasteiger partial charge in [0.15, 0.2) is 5.11 Å². The third kappa shape index (κ3) is 2.77. The Balaban J connectivity index is 1.66. The van der Waals surface area contributed by atoms with E-state index in [1.807, 2.05) is 11.4 Å². The van der Waals surface area contributed by atoms with E-state index >= 15 is 0 Å². The number of carbonyl (C=O) groups is 1. The number of nitrogens with two attached hydrogens (primary N) is 2. The molecule has 4 heterocycles. The molecular formula is C18H17N5OS3. The monoisotopic (exact) mass is 415 g/mol. The summed E-state index contributed by atoms with van der Waals surface area (Å²) in [5.74, 6) is -0.510. The average molecular weight is 416 g/mol. The Labute approximate surface area is 169 Å². The number of nitrogens with one attached hydrogen (secondary N) is 1. The first-order valence-corrected chi connectivity index (χ1v) is 10.8. The fourth-order valence-electron chi connectivity index (χ4n) is 3.48. The molecule has 0 radical (unpaired) electrons. The van der Waals surface area contributed by atoms with Gasteiger partial charge in [-0.3, -0.25) is 4.79 Å². The fourth-order valence-corrected chi connectivity index (χ4v) is 5.55. The Morgan fingerprint density at radius 1 is 1.37 bits per heavy atom. The molecule has 1 aliphatic heterocycles. The van der Waals surface area contributed by atoms with Crippen LogP contribution in [0, 0.1) is 0 Å². The van der Waals surface area contributed by atoms with Crippen LogP contribution in [0.1, 0.15) is 33.8 Å². The molecule has 9 heteroatoms. The standard InChI is InChI=1S/C18H17N5OS3/c19-14-13-12(11-2-1-5-26-11)9-6-23(18(25)21-8-3-4-8)7-10(9)22-17(13)27-15(14)16(20)24/h1-2,5,8H,3-4,6-7,19H2,(H2,20,24)(H,21,25). The molecule has 2 aliphatic rings. The molecule has 0 aromatic carbocycles. The van der Waals surface area contributed by atoms with E-state index in [9.17, 15) is 4.79 Å². The van der Waals surface area contributed by atoms with Gasteiger partial charge in [-0.2, -0.15) is 0 Å². The van der Waals surface area contributed by atoms with E-state index in [2.05, 4.69) is 16.3 Å². The molecule has 0 atom stereocenters. The second-order valence-corrected chi connectivity index (χ2v) is 9.19. The van der Waals surface area contributed by atoms with E-state index in [4.69, 9.17) is 28.7 Å². The lowest BCUT2D eigenvalue weighted by Gasteiger charge is -2.19. The molecule has 5 rings (SSSR count). The van der Waals surface area contributed by atoms with Crippen molar-refractivity contribution in [2.24, 2.45) is 5.73 Å². The van der Waals surface area contributed by atoms with Crippen LogP contribution in [0.4, 0.5) is 5.69 Å². The number of aromatic nitrogens is 1. The highest BCUT2D eigenvalue weighted by atomic mass is 32.1. The average Bonchev–Trinajstić information content (AvgIpc) is 3.04. The first-order chi connectivity index (χ1) is 13.0. The SMILES string of the molecule is NC(=O)c1sc2nc3c(c(-c4cccs4)c2c1N)CN(C(=S)NC1CC1)C3. The number of thiocarbonyl (C=S) groups is 1. The molecule has 1 saturated carbocycles. The summed E-state index contributed by atoms with van der Waals surface area (Å²) < 4.78 is 0. The largest absolute Gasteiger partial charge is 0.397 e. The summed E-state index contributed by atoms with van der Waals surface area (Å²) >= 11 is 8.51. The van der Waals surface area contributed by atoms with Crippen LogP contribution in [-0.4, -0.2) is 26.9 Å². The minimum absolute atomic E-state index is 0.377. The number of pyridine rings is 1. The van der Waals surface area contributed by atoms with E-state index < -0.39 is 5.91 Å². The number of anilines is 1. The lowest BCUT2D eigenvalue weighted by atomic mass is 10.0. The maximum absolute atomic E-state index is 11.8. The summed E-state index contributed by atoms with van der Waals surface area (Å²) in [7, 11) is 0. The summed E-state index contributed by atoms with van der Waals surface area (Å²) in [4.78, 5) is 21.0. The summed E-state index contributed by atoms with van der Waals surface area (Å²) in [5.41, 5.74) is 15.5. The van der Waals surface area contributed by atoms with Crippen molar-refractivity contribution < 1.29 is 4.79 Å². The number of amides is 1. The molecule has 3 aromatic heterocycles. The van der Waals surface area contributed by atoms with Crippen molar-refractivity contribution in [3.63, 3.8) is 0 Å². The van der Waals surface area contributed by atoms with Gasteiger partial charge in [0.05, 0.1) is 17.9 Å². The summed E-state index contributed by atoms with van der Waals surface area (Å²) in [6.45, 7) is 1.34. The molecule has 6 nitrogen and oxygen atoms in total. The quantitative estimate of drug-likeness (QED) is 0.569. The lowest BCUT2D eigenvalue weighted by molar-refractivity contribution is 0.100. The molecule has 27 heavy (non-hydrogen) atoms. The highest BCUT2D eigenvalue weighted by Crippen LogP contribution is 2.45. The Morgan fingerprint density at radius 2 is 2.19 bits per heavy atom. The minimum atomic E-state index is -0.510. The molecular weight excluding hydrogens is 398 g/mol. The zero-order valence-electron chi connectivity index (χ0n) is 14.3. The summed E-state index contributed by atoms with van der Waals surface area (Å²) in [6.07, 6.45) is 2.36. The highest BCUT2D eigenvalue weighted by Gasteiger charge is 2.32. The number of thiophene rings is 2. The fraction of sp³-hybridized carbons (Fsp3) is 0.278. The number of nitrogen functional groups attached to an aromatic ring is 1. The van der Waals surface area contributed by atoms with Crippen molar-refractivity contribution in [2.75, 3.05) is 5.73 Å². The van der Waals surface area contributed by atoms with Crippen molar-refractivity contribution >= 4 is 61.8 Å². The van der Waals surface area contributed by atoms with Crippen LogP contribution in [0.2, 0.25) is 0 Å². The van der Waals surface area contributed by atoms with E-state index in [-0.39, 0.29) is 0 Å². The third-order valence-corrected chi connectivity index (χ3v) is 7.31. The molecule has 0 spiro atoms. The number of hydrogen-bond donors (Lipinski definition) is 3. The molecule has 0 unspecified atom stereocenters. The predicted octanol–water partition coefficient (Wildman–Crippen LogP) is 3.06. The van der Waals surface area contributed by atoms with Gasteiger partial charge in [-0.1, -0.05) is 6.07 Å². The maximum Gasteiger partial charge on any atom is 0.260 e. The van der Waals surface area contributed by atoms with Gasteiger partial charge in [-0.25, -0.2) is 4.98 Å². The van der Waals surface area contributed by atoms with Crippen molar-refractivity contribution in [2.45, 2.75) is 32.0 Å². The van der Waals surface area contributed by atoms with Gasteiger partial charge in [0, 0.05) is 34.0 Å². The first kappa shape index (κ1) is 16.9. The first-order valence-electron chi connectivity index (χ1n) is 8.65. The van der Waals surface area contributed by atoms with Crippen LogP contribution in [0.3, 0.4) is 0 Å². The number of fused-ring (bicyclic) bond motifs is 2. The van der Waals surface area contributed by atoms with Crippen LogP contribution >= 0.6 is 34.9 Å². The third-order valence-electron chi connectivity index (χ3n) is 4.94. The van der Waals surface area contributed by atoms with E-state index in [1.165, 1.54) is 24.2 Å². The van der Waals surface area contributed by atoms with Gasteiger partial charge in [0.25, 0.3) is 5.91 Å². The van der Waals surface area contributed by atoms with Crippen LogP contribution in [0.5, 0.6) is 0 Å². The molecule has 138 valence electrons. The zero-order chi connectivity index (χ0) is 18.7. The van der Waals surface area contributed by atoms with Gasteiger partial charge in [-0.05, 0) is 36.5 Å². The molecule has 3 aromatic rings. The Bertz CT molecular complexity index is 1080. The van der Waals surface area contributed by atoms with Crippen LogP contribution in [0.25, 0.3) is 20.7 Å². The zero-order valence-corrected chi connectivity index (χ0v) is 16.8. The van der Waals surface area contributed by atoms with Crippen molar-refractivity contribution in [3.05, 3.63) is 33.6 Å². The van der Waals surface area contributed by atoms with Crippen molar-refractivity contribution in [1.29, 1.82) is 0 Å². The molecule has 1 aliphatic carbocycles. The number of rotatable bonds is 3. The summed E-state index contributed by atoms with van der Waals surface area (Å²) in [6, 6.07) is 4.61. The second kappa shape index (κ2) is 6.15. The van der Waals surface area contributed by atoms with Crippen LogP contribution < -0.4 is 16.8 Å². The Kier molecular flexibility index (Phi) is 3.85. The second-order valence-electron chi connectivity index (χ2n) is 6.86. The smallest absolute Gasteiger partial charge is 0.260 e. The van der Waals surface area contributed by atoms with Crippen molar-refractivity contribution in [1.82, 2.24) is 15.2 Å². The van der Waals surface area contributed by atoms with E-state index in [1.54, 1.807) is 11.3 Å². The van der Waals surface area contributed by atoms with Gasteiger partial charge < -0.3 is 21.7 Å². The molecule has 0 bridgehead atoms. The number of carbonyl (C=O) groups excluding carboxylic acids is 1. The van der Waals surface area contributed by atoms with Gasteiger partial charge in [0.2, 0.25) is 0 Å². The topological polar surface area (TPSA) is 97.3 Å². The molecule has 1 fully saturated rings. The molecule has 5 N–H and O–H groups in total. The van der Waals surface area contributed by atoms with Crippen molar-refractivity contribution in [3.8, 4) is 10.4 Å². The number of primary amides is 1. The Morgan fingerprint density at radius 3 is 2.85 bits per heavy atom. The van der Waals surface area contributed by atoms with E-state index in [0.29, 0.717) is 29.7 Å². The molecule has 0 saturated heterocycles. The maximum atomic E-state index is 11.8. The predicted molar refractivity (Wildman–Crippen MR) is 114 cm³/mol. The highest BCUT2D eigenvalue weighted by molar-refractivity contribution is 7.80. The van der Waals surface area contributed by atoms with Crippen LogP contribution in [-0.2, 0) is 13.1 Å². The number of nitrogens with zero attached hydrogens (tertiary/aromatic N) is 2. The summed E-state index contributed by atoms with van der Waals surface area (Å²) in [5, 5.41) is 7.05. The van der Waals surface area contributed by atoms with E-state index in [0.717, 1.165) is 37.0 Å². The molecule has 1 amide bonds. The minimum Gasteiger partial charge on any atom is -0.397 e. The van der Waals surface area contributed by atoms with Crippen LogP contribution in [0.15, 0.2) is 17.5 Å². The van der Waals surface area contributed by atoms with Gasteiger partial charge >= 0.3 is 0 Å².